The number of hydrogen-bond donors (Lipinski definition) is 0. The third kappa shape index (κ3) is 2.86. The summed E-state index contributed by atoms with van der Waals surface area (Å²) < 4.78 is 13.9. The molecule has 4 rings (SSSR count). The smallest absolute Gasteiger partial charge is 0.189 e. The number of fused-ring (bicyclic) bond motifs is 2. The maximum absolute atomic E-state index is 9.54. The molecule has 0 amide bonds. The summed E-state index contributed by atoms with van der Waals surface area (Å²) >= 11 is 1.63. The maximum Gasteiger partial charge on any atom is 0.189 e. The van der Waals surface area contributed by atoms with Crippen molar-refractivity contribution in [3.05, 3.63) is 5.69 Å². The number of hydrogen-bond acceptors (Lipinski definition) is 8. The molecular weight excluding hydrogens is 352 g/mol. The molecule has 9 heteroatoms. The number of rotatable bonds is 4. The van der Waals surface area contributed by atoms with Crippen LogP contribution < -0.4 is 0 Å². The Labute approximate surface area is 156 Å². The first-order chi connectivity index (χ1) is 12.4. The second-order valence-corrected chi connectivity index (χ2v) is 8.31. The number of nitrogens with zero attached hydrogens (tertiary/aromatic N) is 6. The molecule has 0 bridgehead atoms. The van der Waals surface area contributed by atoms with Gasteiger partial charge in [-0.3, -0.25) is 0 Å². The highest BCUT2D eigenvalue weighted by atomic mass is 32.2. The van der Waals surface area contributed by atoms with Crippen LogP contribution in [0.1, 0.15) is 45.3 Å². The highest BCUT2D eigenvalue weighted by Gasteiger charge is 2.55. The molecule has 0 radical (unpaired) electrons. The van der Waals surface area contributed by atoms with Crippen LogP contribution in [0.3, 0.4) is 0 Å². The van der Waals surface area contributed by atoms with Gasteiger partial charge in [-0.2, -0.15) is 5.26 Å². The summed E-state index contributed by atoms with van der Waals surface area (Å²) in [5.74, 6) is 0.0253. The van der Waals surface area contributed by atoms with E-state index in [4.69, 9.17) is 14.5 Å². The van der Waals surface area contributed by atoms with Gasteiger partial charge < -0.3 is 9.47 Å². The van der Waals surface area contributed by atoms with Gasteiger partial charge in [0.15, 0.2) is 22.1 Å². The first-order valence-corrected chi connectivity index (χ1v) is 9.89. The van der Waals surface area contributed by atoms with E-state index >= 15 is 0 Å². The minimum atomic E-state index is -0.702. The van der Waals surface area contributed by atoms with E-state index in [9.17, 15) is 5.26 Å². The van der Waals surface area contributed by atoms with Gasteiger partial charge in [0.05, 0.1) is 23.7 Å². The van der Waals surface area contributed by atoms with Gasteiger partial charge >= 0.3 is 0 Å². The summed E-state index contributed by atoms with van der Waals surface area (Å²) in [5.41, 5.74) is 2.21. The number of nitriles is 1. The van der Waals surface area contributed by atoms with Crippen LogP contribution in [-0.2, 0) is 9.47 Å². The number of aryl methyl sites for hydroxylation is 1. The molecule has 1 aliphatic heterocycles. The van der Waals surface area contributed by atoms with E-state index in [2.05, 4.69) is 28.3 Å². The fraction of sp³-hybridized carbons (Fsp3) is 0.706. The molecule has 2 aliphatic rings. The SMILES string of the molecule is CCCSc1nc(C)c2nnn([C@@H]3C[C@H](C#N)[C@H]4OC(C)(C)O[C@H]43)c2n1. The van der Waals surface area contributed by atoms with E-state index in [1.54, 1.807) is 16.4 Å². The Hall–Kier alpha value is -1.76. The zero-order valence-corrected chi connectivity index (χ0v) is 16.2. The van der Waals surface area contributed by atoms with Crippen LogP contribution in [0, 0.1) is 24.2 Å². The van der Waals surface area contributed by atoms with Crippen LogP contribution in [0.25, 0.3) is 11.2 Å². The Morgan fingerprint density at radius 3 is 2.81 bits per heavy atom. The highest BCUT2D eigenvalue weighted by Crippen LogP contribution is 2.47. The summed E-state index contributed by atoms with van der Waals surface area (Å²) in [6, 6.07) is 2.23. The lowest BCUT2D eigenvalue weighted by molar-refractivity contribution is -0.158. The predicted molar refractivity (Wildman–Crippen MR) is 95.5 cm³/mol. The zero-order chi connectivity index (χ0) is 18.5. The lowest BCUT2D eigenvalue weighted by Crippen LogP contribution is -2.28. The highest BCUT2D eigenvalue weighted by molar-refractivity contribution is 7.99. The van der Waals surface area contributed by atoms with Crippen LogP contribution in [-0.4, -0.2) is 48.7 Å². The molecule has 1 saturated carbocycles. The molecule has 4 atom stereocenters. The molecule has 0 N–H and O–H groups in total. The standard InChI is InChI=1S/C17H22N6O2S/c1-5-6-26-16-19-9(2)12-15(20-16)23(22-21-12)11-7-10(8-18)13-14(11)25-17(3,4)24-13/h10-11,13-14H,5-7H2,1-4H3/t10-,11-,13-,14+/m1/s1. The van der Waals surface area contributed by atoms with Gasteiger partial charge in [-0.25, -0.2) is 14.6 Å². The predicted octanol–water partition coefficient (Wildman–Crippen LogP) is 2.64. The summed E-state index contributed by atoms with van der Waals surface area (Å²) in [4.78, 5) is 9.22. The molecule has 0 spiro atoms. The van der Waals surface area contributed by atoms with Crippen molar-refractivity contribution in [1.82, 2.24) is 25.0 Å². The third-order valence-corrected chi connectivity index (χ3v) is 5.88. The maximum atomic E-state index is 9.54. The van der Waals surface area contributed by atoms with Gasteiger partial charge in [0.25, 0.3) is 0 Å². The Morgan fingerprint density at radius 1 is 1.31 bits per heavy atom. The van der Waals surface area contributed by atoms with Gasteiger partial charge in [0.1, 0.15) is 12.2 Å². The van der Waals surface area contributed by atoms with Gasteiger partial charge in [0.2, 0.25) is 0 Å². The van der Waals surface area contributed by atoms with Crippen molar-refractivity contribution in [2.24, 2.45) is 5.92 Å². The molecule has 1 saturated heterocycles. The fourth-order valence-corrected chi connectivity index (χ4v) is 4.48. The zero-order valence-electron chi connectivity index (χ0n) is 15.3. The van der Waals surface area contributed by atoms with Gasteiger partial charge in [0, 0.05) is 5.75 Å². The molecular formula is C17H22N6O2S. The van der Waals surface area contributed by atoms with E-state index in [0.717, 1.165) is 23.0 Å². The Balaban J connectivity index is 1.74. The van der Waals surface area contributed by atoms with Crippen LogP contribution in [0.2, 0.25) is 0 Å². The van der Waals surface area contributed by atoms with Gasteiger partial charge in [-0.05, 0) is 33.6 Å². The second-order valence-electron chi connectivity index (χ2n) is 7.25. The minimum absolute atomic E-state index is 0.130. The summed E-state index contributed by atoms with van der Waals surface area (Å²) in [5, 5.41) is 18.9. The lowest BCUT2D eigenvalue weighted by Gasteiger charge is -2.22. The third-order valence-electron chi connectivity index (χ3n) is 4.83. The molecule has 2 aromatic heterocycles. The van der Waals surface area contributed by atoms with E-state index in [1.807, 2.05) is 20.8 Å². The molecule has 138 valence electrons. The molecule has 3 heterocycles. The molecule has 2 aromatic rings. The number of aromatic nitrogens is 5. The van der Waals surface area contributed by atoms with Crippen molar-refractivity contribution < 1.29 is 9.47 Å². The van der Waals surface area contributed by atoms with Crippen molar-refractivity contribution in [3.8, 4) is 6.07 Å². The summed E-state index contributed by atoms with van der Waals surface area (Å²) in [6.45, 7) is 7.81. The molecule has 1 aliphatic carbocycles. The van der Waals surface area contributed by atoms with Crippen molar-refractivity contribution >= 4 is 22.9 Å². The van der Waals surface area contributed by atoms with Gasteiger partial charge in [-0.1, -0.05) is 23.9 Å². The van der Waals surface area contributed by atoms with Gasteiger partial charge in [-0.15, -0.1) is 5.10 Å². The van der Waals surface area contributed by atoms with E-state index in [0.29, 0.717) is 17.6 Å². The topological polar surface area (TPSA) is 98.7 Å². The lowest BCUT2D eigenvalue weighted by atomic mass is 10.1. The van der Waals surface area contributed by atoms with E-state index in [-0.39, 0.29) is 24.2 Å². The Kier molecular flexibility index (Phi) is 4.37. The van der Waals surface area contributed by atoms with Crippen LogP contribution >= 0.6 is 11.8 Å². The Bertz CT molecular complexity index is 876. The number of ether oxygens (including phenoxy) is 2. The first kappa shape index (κ1) is 17.6. The first-order valence-electron chi connectivity index (χ1n) is 8.91. The quantitative estimate of drug-likeness (QED) is 0.595. The minimum Gasteiger partial charge on any atom is -0.343 e. The van der Waals surface area contributed by atoms with Crippen molar-refractivity contribution in [2.75, 3.05) is 5.75 Å². The van der Waals surface area contributed by atoms with Crippen molar-refractivity contribution in [1.29, 1.82) is 5.26 Å². The molecule has 26 heavy (non-hydrogen) atoms. The second kappa shape index (κ2) is 6.44. The summed E-state index contributed by atoms with van der Waals surface area (Å²) in [7, 11) is 0. The monoisotopic (exact) mass is 374 g/mol. The van der Waals surface area contributed by atoms with Crippen LogP contribution in [0.4, 0.5) is 0 Å². The van der Waals surface area contributed by atoms with E-state index < -0.39 is 5.79 Å². The Morgan fingerprint density at radius 2 is 2.08 bits per heavy atom. The normalized spacial score (nSPS) is 29.8. The van der Waals surface area contributed by atoms with Crippen LogP contribution in [0.5, 0.6) is 0 Å². The van der Waals surface area contributed by atoms with Crippen LogP contribution in [0.15, 0.2) is 5.16 Å². The van der Waals surface area contributed by atoms with Crippen molar-refractivity contribution in [3.63, 3.8) is 0 Å². The number of thioether (sulfide) groups is 1. The van der Waals surface area contributed by atoms with E-state index in [1.165, 1.54) is 0 Å². The average molecular weight is 374 g/mol. The molecule has 0 aromatic carbocycles. The molecule has 0 unspecified atom stereocenters. The average Bonchev–Trinajstić information content (AvgIpc) is 3.23. The largest absolute Gasteiger partial charge is 0.343 e. The molecule has 2 fully saturated rings. The van der Waals surface area contributed by atoms with Crippen molar-refractivity contribution in [2.45, 2.75) is 69.7 Å². The summed E-state index contributed by atoms with van der Waals surface area (Å²) in [6.07, 6.45) is 1.18. The fourth-order valence-electron chi connectivity index (χ4n) is 3.74. The molecule has 8 nitrogen and oxygen atoms in total.